The van der Waals surface area contributed by atoms with Gasteiger partial charge in [0.05, 0.1) is 11.6 Å². The molecule has 3 aromatic rings. The molecule has 1 atom stereocenters. The van der Waals surface area contributed by atoms with Gasteiger partial charge in [0.2, 0.25) is 5.91 Å². The number of piperidine rings is 1. The topological polar surface area (TPSA) is 58.1 Å². The molecule has 1 aromatic heterocycles. The number of carbonyl (C=O) groups excluding carboxylic acids is 1. The van der Waals surface area contributed by atoms with Gasteiger partial charge in [0.1, 0.15) is 0 Å². The van der Waals surface area contributed by atoms with Crippen LogP contribution >= 0.6 is 15.9 Å². The zero-order valence-corrected chi connectivity index (χ0v) is 18.8. The Bertz CT molecular complexity index is 1030. The third-order valence-corrected chi connectivity index (χ3v) is 6.43. The molecule has 154 valence electrons. The van der Waals surface area contributed by atoms with Crippen LogP contribution in [0.5, 0.6) is 0 Å². The largest absolute Gasteiger partial charge is 0.354 e. The van der Waals surface area contributed by atoms with E-state index < -0.39 is 0 Å². The first-order valence-electron chi connectivity index (χ1n) is 10.2. The molecule has 0 spiro atoms. The zero-order chi connectivity index (χ0) is 21.1. The third kappa shape index (κ3) is 4.70. The molecule has 5 nitrogen and oxygen atoms in total. The van der Waals surface area contributed by atoms with Gasteiger partial charge >= 0.3 is 0 Å². The molecule has 30 heavy (non-hydrogen) atoms. The lowest BCUT2D eigenvalue weighted by atomic mass is 9.97. The highest BCUT2D eigenvalue weighted by Gasteiger charge is 2.27. The van der Waals surface area contributed by atoms with Gasteiger partial charge in [-0.3, -0.25) is 4.79 Å². The van der Waals surface area contributed by atoms with Gasteiger partial charge < -0.3 is 10.2 Å². The van der Waals surface area contributed by atoms with E-state index in [4.69, 9.17) is 0 Å². The Morgan fingerprint density at radius 2 is 1.87 bits per heavy atom. The van der Waals surface area contributed by atoms with E-state index in [1.807, 2.05) is 37.3 Å². The van der Waals surface area contributed by atoms with Crippen LogP contribution in [0.3, 0.4) is 0 Å². The predicted octanol–water partition coefficient (Wildman–Crippen LogP) is 5.38. The molecular formula is C24H25BrN4O. The van der Waals surface area contributed by atoms with Gasteiger partial charge in [-0.05, 0) is 62.6 Å². The molecule has 1 saturated heterocycles. The number of benzene rings is 2. The highest BCUT2D eigenvalue weighted by molar-refractivity contribution is 9.10. The Hall–Kier alpha value is -2.73. The lowest BCUT2D eigenvalue weighted by Gasteiger charge is -2.32. The second-order valence-electron chi connectivity index (χ2n) is 7.88. The fraction of sp³-hybridized carbons (Fsp3) is 0.292. The number of nitrogens with one attached hydrogen (secondary N) is 1. The van der Waals surface area contributed by atoms with Crippen molar-refractivity contribution in [2.45, 2.75) is 26.7 Å². The smallest absolute Gasteiger partial charge is 0.229 e. The fourth-order valence-electron chi connectivity index (χ4n) is 3.74. The first-order chi connectivity index (χ1) is 14.5. The van der Waals surface area contributed by atoms with Crippen LogP contribution in [-0.2, 0) is 4.79 Å². The maximum Gasteiger partial charge on any atom is 0.229 e. The van der Waals surface area contributed by atoms with Crippen LogP contribution in [0.25, 0.3) is 11.3 Å². The van der Waals surface area contributed by atoms with E-state index in [2.05, 4.69) is 67.5 Å². The van der Waals surface area contributed by atoms with E-state index in [1.54, 1.807) is 0 Å². The molecule has 0 unspecified atom stereocenters. The van der Waals surface area contributed by atoms with Gasteiger partial charge in [0, 0.05) is 28.8 Å². The monoisotopic (exact) mass is 464 g/mol. The summed E-state index contributed by atoms with van der Waals surface area (Å²) >= 11 is 3.50. The van der Waals surface area contributed by atoms with Crippen LogP contribution in [0.15, 0.2) is 59.1 Å². The molecule has 0 aliphatic carbocycles. The molecule has 1 N–H and O–H groups in total. The maximum absolute atomic E-state index is 12.8. The second kappa shape index (κ2) is 8.96. The molecule has 4 rings (SSSR count). The number of amides is 1. The Kier molecular flexibility index (Phi) is 6.13. The van der Waals surface area contributed by atoms with Gasteiger partial charge in [-0.1, -0.05) is 45.8 Å². The summed E-state index contributed by atoms with van der Waals surface area (Å²) < 4.78 is 1.04. The second-order valence-corrected chi connectivity index (χ2v) is 8.74. The Labute approximate surface area is 185 Å². The van der Waals surface area contributed by atoms with Gasteiger partial charge in [-0.25, -0.2) is 0 Å². The molecular weight excluding hydrogens is 440 g/mol. The maximum atomic E-state index is 12.8. The van der Waals surface area contributed by atoms with E-state index in [0.29, 0.717) is 6.54 Å². The molecule has 0 saturated carbocycles. The Balaban J connectivity index is 1.42. The summed E-state index contributed by atoms with van der Waals surface area (Å²) in [5, 5.41) is 11.9. The molecule has 1 amide bonds. The van der Waals surface area contributed by atoms with Gasteiger partial charge in [0.15, 0.2) is 5.82 Å². The molecule has 1 aliphatic rings. The summed E-state index contributed by atoms with van der Waals surface area (Å²) in [4.78, 5) is 15.0. The number of nitrogens with zero attached hydrogens (tertiary/aromatic N) is 3. The number of carbonyl (C=O) groups is 1. The van der Waals surface area contributed by atoms with Crippen molar-refractivity contribution in [3.8, 4) is 11.3 Å². The lowest BCUT2D eigenvalue weighted by Crippen LogP contribution is -2.41. The zero-order valence-electron chi connectivity index (χ0n) is 17.2. The van der Waals surface area contributed by atoms with E-state index in [9.17, 15) is 4.79 Å². The fourth-order valence-corrected chi connectivity index (χ4v) is 3.98. The van der Waals surface area contributed by atoms with Crippen LogP contribution in [-0.4, -0.2) is 29.2 Å². The normalized spacial score (nSPS) is 16.4. The number of hydrogen-bond acceptors (Lipinski definition) is 4. The minimum Gasteiger partial charge on any atom is -0.354 e. The van der Waals surface area contributed by atoms with Crippen molar-refractivity contribution in [3.63, 3.8) is 0 Å². The molecule has 6 heteroatoms. The summed E-state index contributed by atoms with van der Waals surface area (Å²) in [5.74, 6) is 0.815. The SMILES string of the molecule is Cc1ccc(-c2ccc(N3CCC[C@H](C(=O)Nc4ccc(Br)c(C)c4)C3)nn2)cc1. The predicted molar refractivity (Wildman–Crippen MR) is 125 cm³/mol. The van der Waals surface area contributed by atoms with Gasteiger partial charge in [-0.15, -0.1) is 10.2 Å². The molecule has 1 fully saturated rings. The number of aryl methyl sites for hydroxylation is 2. The van der Waals surface area contributed by atoms with Crippen molar-refractivity contribution in [1.82, 2.24) is 10.2 Å². The van der Waals surface area contributed by atoms with Crippen molar-refractivity contribution in [2.24, 2.45) is 5.92 Å². The van der Waals surface area contributed by atoms with E-state index in [0.717, 1.165) is 52.2 Å². The highest BCUT2D eigenvalue weighted by atomic mass is 79.9. The molecule has 1 aliphatic heterocycles. The first kappa shape index (κ1) is 20.5. The first-order valence-corrected chi connectivity index (χ1v) is 11.0. The highest BCUT2D eigenvalue weighted by Crippen LogP contribution is 2.25. The van der Waals surface area contributed by atoms with Gasteiger partial charge in [0.25, 0.3) is 0 Å². The van der Waals surface area contributed by atoms with Crippen molar-refractivity contribution >= 4 is 33.3 Å². The number of anilines is 2. The van der Waals surface area contributed by atoms with Crippen LogP contribution < -0.4 is 10.2 Å². The van der Waals surface area contributed by atoms with Crippen molar-refractivity contribution in [3.05, 3.63) is 70.2 Å². The summed E-state index contributed by atoms with van der Waals surface area (Å²) in [6.45, 7) is 5.63. The number of halogens is 1. The van der Waals surface area contributed by atoms with Crippen molar-refractivity contribution in [2.75, 3.05) is 23.3 Å². The van der Waals surface area contributed by atoms with Crippen LogP contribution in [0.2, 0.25) is 0 Å². The third-order valence-electron chi connectivity index (χ3n) is 5.54. The Morgan fingerprint density at radius 3 is 2.57 bits per heavy atom. The summed E-state index contributed by atoms with van der Waals surface area (Å²) in [7, 11) is 0. The molecule has 0 radical (unpaired) electrons. The van der Waals surface area contributed by atoms with Crippen molar-refractivity contribution in [1.29, 1.82) is 0 Å². The number of hydrogen-bond donors (Lipinski definition) is 1. The van der Waals surface area contributed by atoms with E-state index in [1.165, 1.54) is 5.56 Å². The molecule has 2 heterocycles. The molecule has 0 bridgehead atoms. The molecule has 2 aromatic carbocycles. The minimum absolute atomic E-state index is 0.0608. The standard InChI is InChI=1S/C24H25BrN4O/c1-16-5-7-18(8-6-16)22-11-12-23(28-27-22)29-13-3-4-19(15-29)24(30)26-20-9-10-21(25)17(2)14-20/h5-12,14,19H,3-4,13,15H2,1-2H3,(H,26,30)/t19-/m0/s1. The minimum atomic E-state index is -0.0683. The average molecular weight is 465 g/mol. The van der Waals surface area contributed by atoms with Crippen molar-refractivity contribution < 1.29 is 4.79 Å². The van der Waals surface area contributed by atoms with Crippen LogP contribution in [0.1, 0.15) is 24.0 Å². The summed E-state index contributed by atoms with van der Waals surface area (Å²) in [6.07, 6.45) is 1.84. The van der Waals surface area contributed by atoms with Gasteiger partial charge in [-0.2, -0.15) is 0 Å². The summed E-state index contributed by atoms with van der Waals surface area (Å²) in [5.41, 5.74) is 5.07. The van der Waals surface area contributed by atoms with E-state index >= 15 is 0 Å². The summed E-state index contributed by atoms with van der Waals surface area (Å²) in [6, 6.07) is 18.1. The van der Waals surface area contributed by atoms with E-state index in [-0.39, 0.29) is 11.8 Å². The number of rotatable bonds is 4. The Morgan fingerprint density at radius 1 is 1.07 bits per heavy atom. The number of aromatic nitrogens is 2. The van der Waals surface area contributed by atoms with Crippen LogP contribution in [0.4, 0.5) is 11.5 Å². The lowest BCUT2D eigenvalue weighted by molar-refractivity contribution is -0.120. The average Bonchev–Trinajstić information content (AvgIpc) is 2.77. The van der Waals surface area contributed by atoms with Crippen LogP contribution in [0, 0.1) is 19.8 Å². The quantitative estimate of drug-likeness (QED) is 0.562.